The smallest absolute Gasteiger partial charge is 0.404 e. The Hall–Kier alpha value is -8.85. The highest BCUT2D eigenvalue weighted by atomic mass is 16.8. The van der Waals surface area contributed by atoms with Gasteiger partial charge in [-0.15, -0.1) is 0 Å². The Kier molecular flexibility index (Phi) is 27.9. The fraction of sp³-hybridized carbons (Fsp3) is 0.712. The van der Waals surface area contributed by atoms with Crippen molar-refractivity contribution in [3.63, 3.8) is 0 Å². The minimum absolute atomic E-state index is 0.199. The van der Waals surface area contributed by atoms with Gasteiger partial charge in [-0.1, -0.05) is 0 Å². The number of aliphatic hydroxyl groups excluding tert-OH is 2. The molecule has 0 aromatic rings. The number of amides is 5. The van der Waals surface area contributed by atoms with Gasteiger partial charge in [0.15, 0.2) is 110 Å². The molecule has 11 unspecified atom stereocenters. The Bertz CT molecular complexity index is 3200. The molecule has 5 fully saturated rings. The topological polar surface area (TPSA) is 580 Å². The van der Waals surface area contributed by atoms with Gasteiger partial charge in [-0.2, -0.15) is 0 Å². The predicted molar refractivity (Wildman–Crippen MR) is 314 cm³/mol. The summed E-state index contributed by atoms with van der Waals surface area (Å²) < 4.78 is 112. The molecule has 0 aromatic heterocycles. The van der Waals surface area contributed by atoms with E-state index >= 15 is 0 Å². The number of hydrogen-bond donors (Lipinski definition) is 8. The molecule has 0 spiro atoms. The van der Waals surface area contributed by atoms with Gasteiger partial charge in [0, 0.05) is 89.0 Å². The highest BCUT2D eigenvalue weighted by molar-refractivity contribution is 6.02. The molecule has 101 heavy (non-hydrogen) atoms. The molecule has 0 radical (unpaired) electrons. The van der Waals surface area contributed by atoms with Gasteiger partial charge in [0.25, 0.3) is 5.91 Å². The summed E-state index contributed by atoms with van der Waals surface area (Å²) in [6, 6.07) is -3.99. The Balaban J connectivity index is 1.55. The van der Waals surface area contributed by atoms with Crippen LogP contribution in [0.2, 0.25) is 0 Å². The lowest BCUT2D eigenvalue weighted by atomic mass is 9.85. The first-order chi connectivity index (χ1) is 47.1. The van der Waals surface area contributed by atoms with Crippen molar-refractivity contribution < 1.29 is 177 Å². The largest absolute Gasteiger partial charge is 0.510 e. The van der Waals surface area contributed by atoms with Gasteiger partial charge in [-0.05, 0) is 13.8 Å². The van der Waals surface area contributed by atoms with E-state index in [1.807, 2.05) is 0 Å². The molecule has 6 aliphatic rings. The summed E-state index contributed by atoms with van der Waals surface area (Å²) in [5.41, 5.74) is 7.54. The minimum atomic E-state index is -2.76. The maximum Gasteiger partial charge on any atom is 0.404 e. The number of carbonyl (C=O) groups is 15. The van der Waals surface area contributed by atoms with Gasteiger partial charge >= 0.3 is 59.8 Å². The van der Waals surface area contributed by atoms with E-state index in [9.17, 15) is 87.2 Å². The number of rotatable bonds is 25. The lowest BCUT2D eigenvalue weighted by molar-refractivity contribution is -0.376. The second-order valence-electron chi connectivity index (χ2n) is 23.8. The molecule has 5 aliphatic heterocycles. The van der Waals surface area contributed by atoms with Crippen LogP contribution in [0, 0.1) is 0 Å². The van der Waals surface area contributed by atoms with Crippen molar-refractivity contribution in [1.29, 1.82) is 0 Å². The number of nitrogens with two attached hydrogens (primary N) is 2. The standard InChI is InChI=1S/C59H81N5O37/c1-18-37(96-57-47(93-29(12)75)44(91-27(10)73)43(90-26(9)72)45(98-57)52(79)64-34-30(76)14-15-31(34)77)40(87-23(6)69)35(62-19(2)65)54(85-18)97-38-33(17-84-56-46(92-28(11)74)42(89-25(8)71)39(86-22(5)68)32(95-56)16-83-21(4)67)94-55(36(63-20(3)66)41(38)88-24(7)70)99-48-49(101-58(61)81)59(13,82)50(51(60)78)100-53(48)80/h18,32-33,35-50,53-57,76,80,82H,14-17H2,1-13H3,(H2,60,78)(H2,61,81)(H,62,65)(H,63,66)(H,64,79)/t18?,32?,33?,35-,36-,37?,38+,39?,40-,41?,42+,43+,44?,45?,46-,47-,48?,49+,50?,53?,54-,55-,56+,57+,59-/m0/s1. The third-order valence-corrected chi connectivity index (χ3v) is 15.5. The van der Waals surface area contributed by atoms with Gasteiger partial charge in [-0.25, -0.2) is 4.79 Å². The lowest BCUT2D eigenvalue weighted by Crippen LogP contribution is -2.73. The van der Waals surface area contributed by atoms with E-state index in [0.717, 1.165) is 83.1 Å². The van der Waals surface area contributed by atoms with Crippen LogP contribution in [0.5, 0.6) is 0 Å². The van der Waals surface area contributed by atoms with Gasteiger partial charge in [0.1, 0.15) is 60.2 Å². The number of allylic oxidation sites excluding steroid dienone is 2. The SMILES string of the molecule is CC(=O)N[C@@H]1[C@H](O[C@@H]2C(CO[C@@H]3OC(COC(C)=O)C(OC(C)=O)[C@@H](OC(C)=O)[C@@H]3OC(C)=O)O[C@@H](OC3C(O)OC(C(N)=O)[C@@](C)(O)[C@@H]3OC(N)=O)[C@@H](NC(C)=O)C2OC(C)=O)OC(C)C(O[C@@H]2OC(C(=O)NC3=C(O)CCC3=O)[C@H](OC(C)=O)C(OC(C)=O)[C@@H]2OC(C)=O)[C@H]1OC(C)=O. The second kappa shape index (κ2) is 34.7. The fourth-order valence-electron chi connectivity index (χ4n) is 11.9. The molecular formula is C59H81N5O37. The monoisotopic (exact) mass is 1450 g/mol. The van der Waals surface area contributed by atoms with Crippen molar-refractivity contribution >= 4 is 89.2 Å². The van der Waals surface area contributed by atoms with E-state index in [1.54, 1.807) is 0 Å². The average molecular weight is 1450 g/mol. The highest BCUT2D eigenvalue weighted by Crippen LogP contribution is 2.41. The lowest BCUT2D eigenvalue weighted by Gasteiger charge is -2.52. The van der Waals surface area contributed by atoms with Crippen LogP contribution >= 0.6 is 0 Å². The molecule has 25 atom stereocenters. The van der Waals surface area contributed by atoms with E-state index in [0.29, 0.717) is 0 Å². The fourth-order valence-corrected chi connectivity index (χ4v) is 11.9. The Labute approximate surface area is 572 Å². The van der Waals surface area contributed by atoms with E-state index < -0.39 is 267 Å². The number of carbonyl (C=O) groups excluding carboxylic acids is 15. The van der Waals surface area contributed by atoms with Crippen LogP contribution in [0.25, 0.3) is 0 Å². The summed E-state index contributed by atoms with van der Waals surface area (Å²) in [6.07, 6.45) is -47.7. The first-order valence-electron chi connectivity index (χ1n) is 30.9. The van der Waals surface area contributed by atoms with E-state index in [-0.39, 0.29) is 12.8 Å². The number of ether oxygens (including phenoxy) is 19. The van der Waals surface area contributed by atoms with Crippen molar-refractivity contribution in [2.75, 3.05) is 13.2 Å². The Morgan fingerprint density at radius 3 is 1.39 bits per heavy atom. The summed E-state index contributed by atoms with van der Waals surface area (Å²) in [6.45, 7) is 10.2. The Morgan fingerprint density at radius 1 is 0.485 bits per heavy atom. The molecule has 5 saturated heterocycles. The van der Waals surface area contributed by atoms with Gasteiger partial charge in [0.05, 0.1) is 12.7 Å². The molecule has 564 valence electrons. The van der Waals surface area contributed by atoms with Crippen LogP contribution in [-0.4, -0.2) is 271 Å². The van der Waals surface area contributed by atoms with Crippen molar-refractivity contribution in [3.8, 4) is 0 Å². The van der Waals surface area contributed by atoms with Crippen molar-refractivity contribution in [1.82, 2.24) is 16.0 Å². The average Bonchev–Trinajstić information content (AvgIpc) is 0.863. The molecule has 42 nitrogen and oxygen atoms in total. The second-order valence-corrected chi connectivity index (χ2v) is 23.8. The number of Topliss-reactive ketones (excluding diaryl/α,β-unsaturated/α-hetero) is 1. The number of esters is 9. The summed E-state index contributed by atoms with van der Waals surface area (Å²) in [7, 11) is 0. The van der Waals surface area contributed by atoms with Crippen LogP contribution in [0.15, 0.2) is 11.5 Å². The molecule has 6 rings (SSSR count). The van der Waals surface area contributed by atoms with Crippen molar-refractivity contribution in [3.05, 3.63) is 11.5 Å². The Morgan fingerprint density at radius 2 is 0.911 bits per heavy atom. The summed E-state index contributed by atoms with van der Waals surface area (Å²) in [5, 5.41) is 41.0. The molecule has 5 heterocycles. The quantitative estimate of drug-likeness (QED) is 0.0313. The van der Waals surface area contributed by atoms with Crippen LogP contribution < -0.4 is 27.4 Å². The zero-order chi connectivity index (χ0) is 75.6. The first-order valence-corrected chi connectivity index (χ1v) is 30.9. The normalized spacial score (nSPS) is 35.3. The highest BCUT2D eigenvalue weighted by Gasteiger charge is 2.63. The van der Waals surface area contributed by atoms with Crippen LogP contribution in [0.1, 0.15) is 103 Å². The zero-order valence-electron chi connectivity index (χ0n) is 56.6. The summed E-state index contributed by atoms with van der Waals surface area (Å²) in [5.74, 6) is -15.9. The van der Waals surface area contributed by atoms with Crippen LogP contribution in [0.3, 0.4) is 0 Å². The van der Waals surface area contributed by atoms with E-state index in [1.165, 1.54) is 6.92 Å². The zero-order valence-corrected chi connectivity index (χ0v) is 56.6. The number of primary amides is 2. The van der Waals surface area contributed by atoms with E-state index in [2.05, 4.69) is 16.0 Å². The molecular weight excluding hydrogens is 1370 g/mol. The molecule has 0 aromatic carbocycles. The minimum Gasteiger partial charge on any atom is -0.510 e. The maximum absolute atomic E-state index is 14.3. The summed E-state index contributed by atoms with van der Waals surface area (Å²) in [4.78, 5) is 196. The maximum atomic E-state index is 14.3. The van der Waals surface area contributed by atoms with Crippen molar-refractivity contribution in [2.45, 2.75) is 256 Å². The molecule has 0 saturated carbocycles. The molecule has 0 bridgehead atoms. The first kappa shape index (κ1) is 81.1. The van der Waals surface area contributed by atoms with Gasteiger partial charge < -0.3 is 133 Å². The van der Waals surface area contributed by atoms with Gasteiger partial charge in [-0.3, -0.25) is 67.1 Å². The number of ketones is 1. The number of nitrogens with one attached hydrogen (secondary N) is 3. The molecule has 42 heteroatoms. The van der Waals surface area contributed by atoms with Crippen molar-refractivity contribution in [2.24, 2.45) is 11.5 Å². The molecule has 10 N–H and O–H groups in total. The van der Waals surface area contributed by atoms with E-state index in [4.69, 9.17) is 101 Å². The van der Waals surface area contributed by atoms with Crippen LogP contribution in [0.4, 0.5) is 4.79 Å². The predicted octanol–water partition coefficient (Wildman–Crippen LogP) is -5.23. The van der Waals surface area contributed by atoms with Gasteiger partial charge in [0.2, 0.25) is 17.7 Å². The molecule has 1 aliphatic carbocycles. The number of aliphatic hydroxyl groups is 3. The third kappa shape index (κ3) is 20.9. The number of hydrogen-bond acceptors (Lipinski definition) is 37. The third-order valence-electron chi connectivity index (χ3n) is 15.5. The molecule has 5 amide bonds. The summed E-state index contributed by atoms with van der Waals surface area (Å²) >= 11 is 0. The van der Waals surface area contributed by atoms with Crippen LogP contribution in [-0.2, 0) is 157 Å².